The van der Waals surface area contributed by atoms with Gasteiger partial charge in [-0.3, -0.25) is 0 Å². The van der Waals surface area contributed by atoms with Gasteiger partial charge in [-0.2, -0.15) is 0 Å². The lowest BCUT2D eigenvalue weighted by Gasteiger charge is -2.17. The number of carbonyl (C=O) groups excluding carboxylic acids is 1. The highest BCUT2D eigenvalue weighted by Gasteiger charge is 2.23. The van der Waals surface area contributed by atoms with Crippen LogP contribution in [-0.2, 0) is 9.63 Å². The van der Waals surface area contributed by atoms with Crippen LogP contribution in [0.1, 0.15) is 26.3 Å². The summed E-state index contributed by atoms with van der Waals surface area (Å²) in [5.74, 6) is 0.225. The maximum absolute atomic E-state index is 11.7. The van der Waals surface area contributed by atoms with E-state index < -0.39 is 5.41 Å². The van der Waals surface area contributed by atoms with Gasteiger partial charge in [0.25, 0.3) is 0 Å². The molecular weight excluding hydrogens is 264 g/mol. The van der Waals surface area contributed by atoms with Gasteiger partial charge in [-0.1, -0.05) is 30.3 Å². The van der Waals surface area contributed by atoms with Crippen molar-refractivity contribution >= 4 is 11.8 Å². The quantitative estimate of drug-likeness (QED) is 0.866. The smallest absolute Gasteiger partial charge is 0.337 e. The minimum Gasteiger partial charge on any atom is -0.341 e. The molecule has 1 aromatic carbocycles. The molecule has 4 heteroatoms. The standard InChI is InChI=1S/C17H20N2O2/c1-12-10-14(13-8-6-5-7-9-13)11-18-15(12)19-21-16(20)17(2,3)4/h5-11H,1-4H3,(H,18,19). The molecule has 1 N–H and O–H groups in total. The van der Waals surface area contributed by atoms with Crippen LogP contribution in [0.15, 0.2) is 42.6 Å². The van der Waals surface area contributed by atoms with E-state index in [0.29, 0.717) is 5.82 Å². The number of nitrogens with one attached hydrogen (secondary N) is 1. The molecule has 0 spiro atoms. The lowest BCUT2D eigenvalue weighted by atomic mass is 9.98. The van der Waals surface area contributed by atoms with Crippen LogP contribution in [-0.4, -0.2) is 11.0 Å². The predicted molar refractivity (Wildman–Crippen MR) is 83.6 cm³/mol. The summed E-state index contributed by atoms with van der Waals surface area (Å²) in [6, 6.07) is 12.0. The first-order valence-corrected chi connectivity index (χ1v) is 6.87. The fourth-order valence-corrected chi connectivity index (χ4v) is 1.72. The Labute approximate surface area is 125 Å². The second-order valence-corrected chi connectivity index (χ2v) is 6.00. The first-order valence-electron chi connectivity index (χ1n) is 6.87. The molecule has 0 fully saturated rings. The number of pyridine rings is 1. The van der Waals surface area contributed by atoms with Crippen LogP contribution in [0.3, 0.4) is 0 Å². The zero-order valence-electron chi connectivity index (χ0n) is 12.8. The summed E-state index contributed by atoms with van der Waals surface area (Å²) in [5.41, 5.74) is 5.13. The summed E-state index contributed by atoms with van der Waals surface area (Å²) >= 11 is 0. The molecule has 0 aliphatic rings. The van der Waals surface area contributed by atoms with Gasteiger partial charge in [-0.25, -0.2) is 15.3 Å². The van der Waals surface area contributed by atoms with E-state index in [9.17, 15) is 4.79 Å². The van der Waals surface area contributed by atoms with Gasteiger partial charge in [-0.05, 0) is 44.9 Å². The maximum atomic E-state index is 11.7. The molecule has 0 saturated carbocycles. The van der Waals surface area contributed by atoms with E-state index in [2.05, 4.69) is 10.5 Å². The van der Waals surface area contributed by atoms with Crippen LogP contribution in [0, 0.1) is 12.3 Å². The molecule has 0 aliphatic heterocycles. The van der Waals surface area contributed by atoms with E-state index in [0.717, 1.165) is 16.7 Å². The van der Waals surface area contributed by atoms with Crippen LogP contribution in [0.25, 0.3) is 11.1 Å². The van der Waals surface area contributed by atoms with E-state index in [-0.39, 0.29) is 5.97 Å². The largest absolute Gasteiger partial charge is 0.341 e. The van der Waals surface area contributed by atoms with Crippen molar-refractivity contribution in [2.24, 2.45) is 5.41 Å². The minimum absolute atomic E-state index is 0.323. The predicted octanol–water partition coefficient (Wildman–Crippen LogP) is 3.97. The highest BCUT2D eigenvalue weighted by molar-refractivity contribution is 5.76. The number of hydrogen-bond acceptors (Lipinski definition) is 4. The molecule has 0 amide bonds. The number of benzene rings is 1. The fourth-order valence-electron chi connectivity index (χ4n) is 1.72. The van der Waals surface area contributed by atoms with Gasteiger partial charge in [0.15, 0.2) is 5.82 Å². The van der Waals surface area contributed by atoms with E-state index in [1.807, 2.05) is 43.3 Å². The molecule has 4 nitrogen and oxygen atoms in total. The van der Waals surface area contributed by atoms with Crippen LogP contribution in [0.2, 0.25) is 0 Å². The van der Waals surface area contributed by atoms with Gasteiger partial charge < -0.3 is 4.84 Å². The van der Waals surface area contributed by atoms with Crippen molar-refractivity contribution in [1.29, 1.82) is 0 Å². The maximum Gasteiger partial charge on any atom is 0.337 e. The Morgan fingerprint density at radius 1 is 1.14 bits per heavy atom. The van der Waals surface area contributed by atoms with Crippen molar-refractivity contribution in [3.63, 3.8) is 0 Å². The summed E-state index contributed by atoms with van der Waals surface area (Å²) < 4.78 is 0. The van der Waals surface area contributed by atoms with Crippen molar-refractivity contribution in [3.8, 4) is 11.1 Å². The average Bonchev–Trinajstić information content (AvgIpc) is 2.45. The van der Waals surface area contributed by atoms with Crippen LogP contribution in [0.5, 0.6) is 0 Å². The fraction of sp³-hybridized carbons (Fsp3) is 0.294. The number of nitrogens with zero attached hydrogens (tertiary/aromatic N) is 1. The zero-order chi connectivity index (χ0) is 15.5. The third kappa shape index (κ3) is 3.81. The number of rotatable bonds is 3. The average molecular weight is 284 g/mol. The molecule has 0 bridgehead atoms. The minimum atomic E-state index is -0.551. The number of hydrogen-bond donors (Lipinski definition) is 1. The van der Waals surface area contributed by atoms with Gasteiger partial charge >= 0.3 is 5.97 Å². The normalized spacial score (nSPS) is 11.0. The molecule has 1 aromatic heterocycles. The molecular formula is C17H20N2O2. The van der Waals surface area contributed by atoms with Crippen molar-refractivity contribution in [2.45, 2.75) is 27.7 Å². The molecule has 2 rings (SSSR count). The first-order chi connectivity index (χ1) is 9.88. The van der Waals surface area contributed by atoms with E-state index in [1.165, 1.54) is 0 Å². The van der Waals surface area contributed by atoms with Gasteiger partial charge in [0.05, 0.1) is 5.41 Å². The molecule has 2 aromatic rings. The number of carbonyl (C=O) groups is 1. The van der Waals surface area contributed by atoms with E-state index in [4.69, 9.17) is 4.84 Å². The topological polar surface area (TPSA) is 51.2 Å². The lowest BCUT2D eigenvalue weighted by molar-refractivity contribution is -0.149. The van der Waals surface area contributed by atoms with Gasteiger partial charge in [0.2, 0.25) is 0 Å². The van der Waals surface area contributed by atoms with E-state index >= 15 is 0 Å². The summed E-state index contributed by atoms with van der Waals surface area (Å²) in [5, 5.41) is 0. The number of anilines is 1. The third-order valence-electron chi connectivity index (χ3n) is 3.04. The lowest BCUT2D eigenvalue weighted by Crippen LogP contribution is -2.25. The van der Waals surface area contributed by atoms with Gasteiger partial charge in [0, 0.05) is 11.8 Å². The molecule has 1 heterocycles. The molecule has 21 heavy (non-hydrogen) atoms. The van der Waals surface area contributed by atoms with Crippen molar-refractivity contribution < 1.29 is 9.63 Å². The van der Waals surface area contributed by atoms with Crippen molar-refractivity contribution in [1.82, 2.24) is 4.98 Å². The Bertz CT molecular complexity index is 631. The summed E-state index contributed by atoms with van der Waals surface area (Å²) in [7, 11) is 0. The zero-order valence-corrected chi connectivity index (χ0v) is 12.8. The molecule has 0 aliphatic carbocycles. The second-order valence-electron chi connectivity index (χ2n) is 6.00. The van der Waals surface area contributed by atoms with Gasteiger partial charge in [0.1, 0.15) is 0 Å². The van der Waals surface area contributed by atoms with Crippen LogP contribution in [0.4, 0.5) is 5.82 Å². The highest BCUT2D eigenvalue weighted by atomic mass is 16.7. The highest BCUT2D eigenvalue weighted by Crippen LogP contribution is 2.23. The summed E-state index contributed by atoms with van der Waals surface area (Å²) in [6.45, 7) is 7.33. The summed E-state index contributed by atoms with van der Waals surface area (Å²) in [4.78, 5) is 21.1. The Morgan fingerprint density at radius 2 is 1.81 bits per heavy atom. The van der Waals surface area contributed by atoms with Gasteiger partial charge in [-0.15, -0.1) is 0 Å². The Hall–Kier alpha value is -2.36. The molecule has 0 saturated heterocycles. The Morgan fingerprint density at radius 3 is 2.38 bits per heavy atom. The second kappa shape index (κ2) is 5.95. The molecule has 0 radical (unpaired) electrons. The van der Waals surface area contributed by atoms with Crippen LogP contribution >= 0.6 is 0 Å². The number of aromatic nitrogens is 1. The Kier molecular flexibility index (Phi) is 4.26. The van der Waals surface area contributed by atoms with Crippen molar-refractivity contribution in [3.05, 3.63) is 48.2 Å². The van der Waals surface area contributed by atoms with E-state index in [1.54, 1.807) is 27.0 Å². The molecule has 0 atom stereocenters. The summed E-state index contributed by atoms with van der Waals surface area (Å²) in [6.07, 6.45) is 1.76. The van der Waals surface area contributed by atoms with Crippen molar-refractivity contribution in [2.75, 3.05) is 5.48 Å². The first kappa shape index (κ1) is 15.0. The SMILES string of the molecule is Cc1cc(-c2ccccc2)cnc1NOC(=O)C(C)(C)C. The molecule has 110 valence electrons. The van der Waals surface area contributed by atoms with Crippen LogP contribution < -0.4 is 5.48 Å². The Balaban J connectivity index is 2.12. The monoisotopic (exact) mass is 284 g/mol. The molecule has 0 unspecified atom stereocenters. The number of aryl methyl sites for hydroxylation is 1. The third-order valence-corrected chi connectivity index (χ3v) is 3.04.